The number of hydrogen-bond acceptors (Lipinski definition) is 3. The largest absolute Gasteiger partial charge is 0.481 e. The van der Waals surface area contributed by atoms with E-state index in [2.05, 4.69) is 16.4 Å². The van der Waals surface area contributed by atoms with E-state index >= 15 is 0 Å². The van der Waals surface area contributed by atoms with Gasteiger partial charge in [-0.15, -0.1) is 0 Å². The fraction of sp³-hybridized carbons (Fsp3) is 0.944. The molecule has 0 bridgehead atoms. The van der Waals surface area contributed by atoms with Gasteiger partial charge in [0.2, 0.25) is 0 Å². The van der Waals surface area contributed by atoms with Gasteiger partial charge in [0.1, 0.15) is 0 Å². The van der Waals surface area contributed by atoms with E-state index in [0.29, 0.717) is 6.42 Å². The Bertz CT molecular complexity index is 215. The van der Waals surface area contributed by atoms with Gasteiger partial charge in [0.15, 0.2) is 6.29 Å². The van der Waals surface area contributed by atoms with Crippen LogP contribution in [0.4, 0.5) is 0 Å². The van der Waals surface area contributed by atoms with Gasteiger partial charge in [0, 0.05) is 20.6 Å². The van der Waals surface area contributed by atoms with Crippen LogP contribution in [-0.4, -0.2) is 31.6 Å². The predicted octanol–water partition coefficient (Wildman–Crippen LogP) is 5.40. The Hall–Kier alpha value is -0.610. The number of carboxylic acid groups (broad SMARTS) is 1. The Balaban J connectivity index is 0. The summed E-state index contributed by atoms with van der Waals surface area (Å²) in [5.41, 5.74) is 0. The maximum Gasteiger partial charge on any atom is 0.303 e. The highest BCUT2D eigenvalue weighted by Gasteiger charge is 1.96. The number of hydrogen-bond donors (Lipinski definition) is 1. The Morgan fingerprint density at radius 1 is 0.818 bits per heavy atom. The minimum Gasteiger partial charge on any atom is -0.481 e. The van der Waals surface area contributed by atoms with Crippen molar-refractivity contribution in [3.63, 3.8) is 0 Å². The van der Waals surface area contributed by atoms with Crippen LogP contribution in [0, 0.1) is 0 Å². The molecule has 0 amide bonds. The number of aliphatic carboxylic acids is 1. The molecular weight excluding hydrogens is 280 g/mol. The first kappa shape index (κ1) is 23.7. The average Bonchev–Trinajstić information content (AvgIpc) is 2.52. The summed E-state index contributed by atoms with van der Waals surface area (Å²) in [6, 6.07) is 0. The third kappa shape index (κ3) is 24.4. The summed E-state index contributed by atoms with van der Waals surface area (Å²) in [7, 11) is 3.21. The lowest BCUT2D eigenvalue weighted by Crippen LogP contribution is -2.05. The minimum atomic E-state index is -0.657. The van der Waals surface area contributed by atoms with E-state index in [-0.39, 0.29) is 6.29 Å². The Morgan fingerprint density at radius 3 is 1.45 bits per heavy atom. The number of methoxy groups -OCH3 is 2. The van der Waals surface area contributed by atoms with Crippen molar-refractivity contribution in [2.24, 2.45) is 0 Å². The van der Waals surface area contributed by atoms with Crippen molar-refractivity contribution in [2.75, 3.05) is 14.2 Å². The molecule has 0 saturated carbocycles. The molecule has 0 heterocycles. The van der Waals surface area contributed by atoms with Crippen LogP contribution in [0.25, 0.3) is 0 Å². The SMILES string of the molecule is CCCCCCCCCCCCCC(=O)O.COC(C)OC. The number of rotatable bonds is 14. The average molecular weight is 318 g/mol. The van der Waals surface area contributed by atoms with Gasteiger partial charge < -0.3 is 14.6 Å². The maximum atomic E-state index is 10.3. The molecule has 0 atom stereocenters. The molecule has 4 nitrogen and oxygen atoms in total. The zero-order chi connectivity index (χ0) is 17.1. The smallest absolute Gasteiger partial charge is 0.303 e. The van der Waals surface area contributed by atoms with Crippen LogP contribution in [-0.2, 0) is 14.3 Å². The standard InChI is InChI=1S/C14H28O2.C4H10O2/c1-2-3-4-5-6-7-8-9-10-11-12-13-14(15)16;1-4(5-2)6-3/h2-13H2,1H3,(H,15,16);4H,1-3H3. The summed E-state index contributed by atoms with van der Waals surface area (Å²) < 4.78 is 9.35. The van der Waals surface area contributed by atoms with Gasteiger partial charge in [-0.3, -0.25) is 4.79 Å². The van der Waals surface area contributed by atoms with Crippen molar-refractivity contribution in [3.8, 4) is 0 Å². The zero-order valence-electron chi connectivity index (χ0n) is 15.2. The van der Waals surface area contributed by atoms with Crippen LogP contribution in [0.5, 0.6) is 0 Å². The van der Waals surface area contributed by atoms with E-state index in [4.69, 9.17) is 5.11 Å². The van der Waals surface area contributed by atoms with Gasteiger partial charge in [-0.25, -0.2) is 0 Å². The maximum absolute atomic E-state index is 10.3. The molecule has 0 aliphatic carbocycles. The second kappa shape index (κ2) is 20.4. The second-order valence-corrected chi connectivity index (χ2v) is 5.72. The van der Waals surface area contributed by atoms with Crippen LogP contribution in [0.3, 0.4) is 0 Å². The number of unbranched alkanes of at least 4 members (excludes halogenated alkanes) is 10. The molecule has 134 valence electrons. The van der Waals surface area contributed by atoms with Crippen LogP contribution >= 0.6 is 0 Å². The van der Waals surface area contributed by atoms with Gasteiger partial charge in [0.25, 0.3) is 0 Å². The van der Waals surface area contributed by atoms with E-state index in [1.165, 1.54) is 57.8 Å². The van der Waals surface area contributed by atoms with Gasteiger partial charge in [-0.2, -0.15) is 0 Å². The van der Waals surface area contributed by atoms with E-state index in [1.807, 2.05) is 6.92 Å². The topological polar surface area (TPSA) is 55.8 Å². The highest BCUT2D eigenvalue weighted by Crippen LogP contribution is 2.11. The van der Waals surface area contributed by atoms with E-state index in [9.17, 15) is 4.79 Å². The van der Waals surface area contributed by atoms with Crippen molar-refractivity contribution in [1.82, 2.24) is 0 Å². The van der Waals surface area contributed by atoms with Crippen molar-refractivity contribution >= 4 is 5.97 Å². The lowest BCUT2D eigenvalue weighted by atomic mass is 10.1. The number of carboxylic acids is 1. The Labute approximate surface area is 137 Å². The molecule has 0 spiro atoms. The van der Waals surface area contributed by atoms with Gasteiger partial charge in [-0.05, 0) is 13.3 Å². The molecule has 0 aromatic carbocycles. The fourth-order valence-corrected chi connectivity index (χ4v) is 2.04. The third-order valence-electron chi connectivity index (χ3n) is 3.66. The number of ether oxygens (including phenoxy) is 2. The van der Waals surface area contributed by atoms with Crippen molar-refractivity contribution in [2.45, 2.75) is 97.2 Å². The first-order valence-corrected chi connectivity index (χ1v) is 8.85. The summed E-state index contributed by atoms with van der Waals surface area (Å²) in [4.78, 5) is 10.3. The first-order valence-electron chi connectivity index (χ1n) is 8.85. The Kier molecular flexibility index (Phi) is 21.9. The highest BCUT2D eigenvalue weighted by molar-refractivity contribution is 5.66. The third-order valence-corrected chi connectivity index (χ3v) is 3.66. The molecule has 0 rings (SSSR count). The highest BCUT2D eigenvalue weighted by atomic mass is 16.7. The van der Waals surface area contributed by atoms with Crippen LogP contribution in [0.15, 0.2) is 0 Å². The zero-order valence-corrected chi connectivity index (χ0v) is 15.2. The quantitative estimate of drug-likeness (QED) is 0.344. The molecule has 0 aliphatic rings. The summed E-state index contributed by atoms with van der Waals surface area (Å²) in [5, 5.41) is 8.46. The summed E-state index contributed by atoms with van der Waals surface area (Å²) in [6.45, 7) is 4.08. The predicted molar refractivity (Wildman–Crippen MR) is 92.2 cm³/mol. The summed E-state index contributed by atoms with van der Waals surface area (Å²) in [5.74, 6) is -0.657. The fourth-order valence-electron chi connectivity index (χ4n) is 2.04. The monoisotopic (exact) mass is 318 g/mol. The molecular formula is C18H38O4. The van der Waals surface area contributed by atoms with Crippen molar-refractivity contribution in [3.05, 3.63) is 0 Å². The molecule has 1 N–H and O–H groups in total. The molecule has 0 aromatic rings. The molecule has 0 unspecified atom stereocenters. The van der Waals surface area contributed by atoms with Gasteiger partial charge >= 0.3 is 5.97 Å². The lowest BCUT2D eigenvalue weighted by Gasteiger charge is -2.03. The Morgan fingerprint density at radius 2 is 1.18 bits per heavy atom. The van der Waals surface area contributed by atoms with Crippen LogP contribution in [0.1, 0.15) is 90.9 Å². The molecule has 0 fully saturated rings. The molecule has 4 heteroatoms. The van der Waals surface area contributed by atoms with Crippen molar-refractivity contribution < 1.29 is 19.4 Å². The van der Waals surface area contributed by atoms with E-state index < -0.39 is 5.97 Å². The van der Waals surface area contributed by atoms with Crippen LogP contribution in [0.2, 0.25) is 0 Å². The lowest BCUT2D eigenvalue weighted by molar-refractivity contribution is -0.137. The molecule has 0 aliphatic heterocycles. The first-order chi connectivity index (χ1) is 10.6. The minimum absolute atomic E-state index is 0.0648. The van der Waals surface area contributed by atoms with Crippen LogP contribution < -0.4 is 0 Å². The molecule has 0 aromatic heterocycles. The summed E-state index contributed by atoms with van der Waals surface area (Å²) in [6.07, 6.45) is 14.3. The molecule has 22 heavy (non-hydrogen) atoms. The van der Waals surface area contributed by atoms with E-state index in [1.54, 1.807) is 14.2 Å². The normalized spacial score (nSPS) is 10.4. The van der Waals surface area contributed by atoms with E-state index in [0.717, 1.165) is 12.8 Å². The van der Waals surface area contributed by atoms with Gasteiger partial charge in [-0.1, -0.05) is 71.1 Å². The second-order valence-electron chi connectivity index (χ2n) is 5.72. The van der Waals surface area contributed by atoms with Gasteiger partial charge in [0.05, 0.1) is 0 Å². The summed E-state index contributed by atoms with van der Waals surface area (Å²) >= 11 is 0. The number of carbonyl (C=O) groups is 1. The molecule has 0 radical (unpaired) electrons. The molecule has 0 saturated heterocycles. The van der Waals surface area contributed by atoms with Crippen molar-refractivity contribution in [1.29, 1.82) is 0 Å².